The summed E-state index contributed by atoms with van der Waals surface area (Å²) < 4.78 is 38.6. The predicted octanol–water partition coefficient (Wildman–Crippen LogP) is 4.40. The van der Waals surface area contributed by atoms with Crippen molar-refractivity contribution in [1.29, 1.82) is 0 Å². The van der Waals surface area contributed by atoms with E-state index >= 15 is 0 Å². The molecule has 2 aromatic carbocycles. The molecule has 1 N–H and O–H groups in total. The maximum absolute atomic E-state index is 12.3. The summed E-state index contributed by atoms with van der Waals surface area (Å²) in [6.07, 6.45) is 0. The number of nitrogens with one attached hydrogen (secondary N) is 1. The minimum absolute atomic E-state index is 0.0166. The van der Waals surface area contributed by atoms with Gasteiger partial charge in [-0.25, -0.2) is 4.79 Å². The van der Waals surface area contributed by atoms with Crippen LogP contribution in [-0.4, -0.2) is 32.2 Å². The highest BCUT2D eigenvalue weighted by Crippen LogP contribution is 2.30. The van der Waals surface area contributed by atoms with Gasteiger partial charge in [-0.2, -0.15) is 8.78 Å². The number of ether oxygens (including phenoxy) is 3. The van der Waals surface area contributed by atoms with Crippen LogP contribution in [0.25, 0.3) is 0 Å². The molecule has 2 aromatic rings. The van der Waals surface area contributed by atoms with E-state index in [1.165, 1.54) is 25.3 Å². The van der Waals surface area contributed by atoms with Crippen molar-refractivity contribution in [2.24, 2.45) is 0 Å². The lowest BCUT2D eigenvalue weighted by Crippen LogP contribution is -2.21. The number of carbonyl (C=O) groups is 2. The molecule has 6 nitrogen and oxygen atoms in total. The van der Waals surface area contributed by atoms with Crippen molar-refractivity contribution in [1.82, 2.24) is 0 Å². The number of anilines is 1. The van der Waals surface area contributed by atoms with Crippen LogP contribution in [0.5, 0.6) is 11.5 Å². The van der Waals surface area contributed by atoms with Gasteiger partial charge >= 0.3 is 12.6 Å². The molecule has 0 fully saturated rings. The molecule has 144 valence electrons. The van der Waals surface area contributed by atoms with E-state index in [1.807, 2.05) is 0 Å². The molecule has 0 aliphatic carbocycles. The fourth-order valence-electron chi connectivity index (χ4n) is 2.00. The van der Waals surface area contributed by atoms with Gasteiger partial charge in [-0.3, -0.25) is 4.79 Å². The van der Waals surface area contributed by atoms with Crippen LogP contribution in [0, 0.1) is 0 Å². The van der Waals surface area contributed by atoms with Crippen molar-refractivity contribution < 1.29 is 32.6 Å². The Labute approximate surface area is 162 Å². The van der Waals surface area contributed by atoms with Crippen LogP contribution in [0.3, 0.4) is 0 Å². The number of carbonyl (C=O) groups excluding carboxylic acids is 2. The molecule has 10 heteroatoms. The highest BCUT2D eigenvalue weighted by atomic mass is 35.5. The molecule has 0 aliphatic rings. The third kappa shape index (κ3) is 5.70. The largest absolute Gasteiger partial charge is 0.493 e. The average molecular weight is 420 g/mol. The molecule has 1 amide bonds. The molecule has 0 bridgehead atoms. The molecule has 0 spiro atoms. The van der Waals surface area contributed by atoms with Crippen molar-refractivity contribution in [3.05, 3.63) is 52.0 Å². The first-order chi connectivity index (χ1) is 12.8. The van der Waals surface area contributed by atoms with Crippen LogP contribution in [0.2, 0.25) is 10.0 Å². The number of halogens is 4. The minimum atomic E-state index is -3.04. The van der Waals surface area contributed by atoms with Crippen LogP contribution < -0.4 is 14.8 Å². The highest BCUT2D eigenvalue weighted by molar-refractivity contribution is 6.39. The Bertz CT molecular complexity index is 828. The summed E-state index contributed by atoms with van der Waals surface area (Å²) >= 11 is 11.9. The van der Waals surface area contributed by atoms with Crippen LogP contribution in [0.1, 0.15) is 10.4 Å². The molecule has 0 saturated heterocycles. The van der Waals surface area contributed by atoms with Gasteiger partial charge < -0.3 is 19.5 Å². The number of alkyl halides is 2. The smallest absolute Gasteiger partial charge is 0.387 e. The molecule has 0 saturated carbocycles. The van der Waals surface area contributed by atoms with Crippen molar-refractivity contribution in [3.8, 4) is 11.5 Å². The van der Waals surface area contributed by atoms with Crippen molar-refractivity contribution in [2.75, 3.05) is 19.0 Å². The second kappa shape index (κ2) is 9.38. The summed E-state index contributed by atoms with van der Waals surface area (Å²) in [5.41, 5.74) is 0.175. The average Bonchev–Trinajstić information content (AvgIpc) is 2.62. The number of hydrogen-bond donors (Lipinski definition) is 1. The molecule has 0 aliphatic heterocycles. The fourth-order valence-corrected chi connectivity index (χ4v) is 2.49. The number of benzene rings is 2. The maximum atomic E-state index is 12.3. The second-order valence-corrected chi connectivity index (χ2v) is 5.78. The lowest BCUT2D eigenvalue weighted by Gasteiger charge is -2.12. The van der Waals surface area contributed by atoms with Gasteiger partial charge in [0, 0.05) is 0 Å². The molecule has 0 atom stereocenters. The number of para-hydroxylation sites is 1. The van der Waals surface area contributed by atoms with E-state index in [4.69, 9.17) is 32.7 Å². The Hall–Kier alpha value is -2.58. The molecule has 0 radical (unpaired) electrons. The van der Waals surface area contributed by atoms with Gasteiger partial charge in [-0.1, -0.05) is 29.3 Å². The van der Waals surface area contributed by atoms with Gasteiger partial charge in [0.1, 0.15) is 0 Å². The second-order valence-electron chi connectivity index (χ2n) is 4.97. The monoisotopic (exact) mass is 419 g/mol. The minimum Gasteiger partial charge on any atom is -0.493 e. The quantitative estimate of drug-likeness (QED) is 0.673. The summed E-state index contributed by atoms with van der Waals surface area (Å²) in [7, 11) is 1.23. The van der Waals surface area contributed by atoms with E-state index in [-0.39, 0.29) is 32.8 Å². The maximum Gasteiger partial charge on any atom is 0.387 e. The molecule has 0 unspecified atom stereocenters. The van der Waals surface area contributed by atoms with E-state index in [0.717, 1.165) is 12.1 Å². The van der Waals surface area contributed by atoms with Gasteiger partial charge in [0.25, 0.3) is 5.91 Å². The number of hydrogen-bond acceptors (Lipinski definition) is 5. The van der Waals surface area contributed by atoms with Crippen LogP contribution in [-0.2, 0) is 9.53 Å². The normalized spacial score (nSPS) is 10.4. The lowest BCUT2D eigenvalue weighted by atomic mass is 10.2. The molecule has 2 rings (SSSR count). The van der Waals surface area contributed by atoms with Crippen molar-refractivity contribution in [2.45, 2.75) is 6.61 Å². The standard InChI is InChI=1S/C17H13Cl2F2NO5/c1-25-13-7-9(5-6-12(13)27-17(20)21)16(24)26-8-14(23)22-15-10(18)3-2-4-11(15)19/h2-7,17H,8H2,1H3,(H,22,23). The van der Waals surface area contributed by atoms with Crippen molar-refractivity contribution >= 4 is 40.8 Å². The Morgan fingerprint density at radius 1 is 1.11 bits per heavy atom. The van der Waals surface area contributed by atoms with Gasteiger partial charge in [0.05, 0.1) is 28.4 Å². The van der Waals surface area contributed by atoms with E-state index in [0.29, 0.717) is 0 Å². The zero-order chi connectivity index (χ0) is 20.0. The highest BCUT2D eigenvalue weighted by Gasteiger charge is 2.17. The summed E-state index contributed by atoms with van der Waals surface area (Å²) in [5, 5.41) is 2.88. The molecular weight excluding hydrogens is 407 g/mol. The molecular formula is C17H13Cl2F2NO5. The van der Waals surface area contributed by atoms with E-state index in [9.17, 15) is 18.4 Å². The Morgan fingerprint density at radius 3 is 2.37 bits per heavy atom. The first-order valence-corrected chi connectivity index (χ1v) is 8.11. The predicted molar refractivity (Wildman–Crippen MR) is 95.0 cm³/mol. The van der Waals surface area contributed by atoms with Crippen molar-refractivity contribution in [3.63, 3.8) is 0 Å². The lowest BCUT2D eigenvalue weighted by molar-refractivity contribution is -0.119. The van der Waals surface area contributed by atoms with Gasteiger partial charge in [0.15, 0.2) is 18.1 Å². The van der Waals surface area contributed by atoms with Crippen LogP contribution >= 0.6 is 23.2 Å². The first-order valence-electron chi connectivity index (χ1n) is 7.35. The van der Waals surface area contributed by atoms with Gasteiger partial charge in [-0.15, -0.1) is 0 Å². The zero-order valence-corrected chi connectivity index (χ0v) is 15.3. The zero-order valence-electron chi connectivity index (χ0n) is 13.8. The SMILES string of the molecule is COc1cc(C(=O)OCC(=O)Nc2c(Cl)cccc2Cl)ccc1OC(F)F. The number of amides is 1. The summed E-state index contributed by atoms with van der Waals surface area (Å²) in [5.74, 6) is -1.85. The summed E-state index contributed by atoms with van der Waals surface area (Å²) in [6, 6.07) is 8.16. The summed E-state index contributed by atoms with van der Waals surface area (Å²) in [4.78, 5) is 24.0. The van der Waals surface area contributed by atoms with Crippen LogP contribution in [0.15, 0.2) is 36.4 Å². The van der Waals surface area contributed by atoms with E-state index in [1.54, 1.807) is 6.07 Å². The Kier molecular flexibility index (Phi) is 7.20. The number of rotatable bonds is 7. The molecule has 27 heavy (non-hydrogen) atoms. The van der Waals surface area contributed by atoms with Crippen LogP contribution in [0.4, 0.5) is 14.5 Å². The third-order valence-electron chi connectivity index (χ3n) is 3.18. The molecule has 0 heterocycles. The first kappa shape index (κ1) is 20.7. The van der Waals surface area contributed by atoms with E-state index in [2.05, 4.69) is 10.1 Å². The number of esters is 1. The van der Waals surface area contributed by atoms with E-state index < -0.39 is 25.1 Å². The Balaban J connectivity index is 2.00. The molecule has 0 aromatic heterocycles. The topological polar surface area (TPSA) is 73.9 Å². The van der Waals surface area contributed by atoms with Gasteiger partial charge in [-0.05, 0) is 30.3 Å². The van der Waals surface area contributed by atoms with Gasteiger partial charge in [0.2, 0.25) is 0 Å². The summed E-state index contributed by atoms with van der Waals surface area (Å²) in [6.45, 7) is -3.66. The third-order valence-corrected chi connectivity index (χ3v) is 3.81. The number of methoxy groups -OCH3 is 1. The Morgan fingerprint density at radius 2 is 1.78 bits per heavy atom. The fraction of sp³-hybridized carbons (Fsp3) is 0.176.